The molecule has 1 saturated heterocycles. The van der Waals surface area contributed by atoms with Crippen molar-refractivity contribution in [1.82, 2.24) is 5.32 Å². The van der Waals surface area contributed by atoms with Gasteiger partial charge in [0.05, 0.1) is 4.91 Å². The first-order valence-electron chi connectivity index (χ1n) is 8.36. The summed E-state index contributed by atoms with van der Waals surface area (Å²) in [4.78, 5) is 24.6. The molecule has 2 N–H and O–H groups in total. The van der Waals surface area contributed by atoms with Crippen molar-refractivity contribution in [2.45, 2.75) is 13.8 Å². The van der Waals surface area contributed by atoms with Gasteiger partial charge in [0.15, 0.2) is 6.61 Å². The Morgan fingerprint density at radius 2 is 2.04 bits per heavy atom. The number of nitrogens with one attached hydrogen (secondary N) is 2. The predicted octanol–water partition coefficient (Wildman–Crippen LogP) is 4.46. The highest BCUT2D eigenvalue weighted by Crippen LogP contribution is 2.31. The zero-order valence-electron chi connectivity index (χ0n) is 15.2. The minimum atomic E-state index is -0.286. The number of halogens is 1. The predicted molar refractivity (Wildman–Crippen MR) is 118 cm³/mol. The summed E-state index contributed by atoms with van der Waals surface area (Å²) in [6, 6.07) is 10.7. The molecule has 0 spiro atoms. The summed E-state index contributed by atoms with van der Waals surface area (Å²) < 4.78 is 6.06. The number of rotatable bonds is 5. The van der Waals surface area contributed by atoms with Crippen LogP contribution in [0.2, 0.25) is 5.02 Å². The van der Waals surface area contributed by atoms with Gasteiger partial charge in [0.1, 0.15) is 10.1 Å². The number of carbonyl (C=O) groups is 2. The summed E-state index contributed by atoms with van der Waals surface area (Å²) in [5, 5.41) is 5.85. The number of ether oxygens (including phenoxy) is 1. The highest BCUT2D eigenvalue weighted by Gasteiger charge is 2.22. The van der Waals surface area contributed by atoms with E-state index in [4.69, 9.17) is 28.6 Å². The number of amides is 2. The van der Waals surface area contributed by atoms with Crippen LogP contribution in [0.5, 0.6) is 5.75 Å². The molecule has 0 atom stereocenters. The molecule has 0 aliphatic carbocycles. The van der Waals surface area contributed by atoms with E-state index in [0.29, 0.717) is 31.2 Å². The molecule has 2 aromatic rings. The van der Waals surface area contributed by atoms with Gasteiger partial charge in [0.2, 0.25) is 0 Å². The molecule has 1 aliphatic rings. The molecular weight excluding hydrogens is 416 g/mol. The van der Waals surface area contributed by atoms with Crippen LogP contribution < -0.4 is 15.4 Å². The Labute approximate surface area is 177 Å². The number of carbonyl (C=O) groups excluding carboxylic acids is 2. The highest BCUT2D eigenvalue weighted by atomic mass is 35.5. The summed E-state index contributed by atoms with van der Waals surface area (Å²) >= 11 is 12.2. The van der Waals surface area contributed by atoms with Crippen molar-refractivity contribution in [3.63, 3.8) is 0 Å². The smallest absolute Gasteiger partial charge is 0.263 e. The normalized spacial score (nSPS) is 14.9. The largest absolute Gasteiger partial charge is 0.483 e. The third kappa shape index (κ3) is 5.13. The van der Waals surface area contributed by atoms with Crippen LogP contribution in [0, 0.1) is 13.8 Å². The molecule has 5 nitrogen and oxygen atoms in total. The van der Waals surface area contributed by atoms with Gasteiger partial charge in [0.25, 0.3) is 11.8 Å². The van der Waals surface area contributed by atoms with E-state index in [0.717, 1.165) is 11.1 Å². The van der Waals surface area contributed by atoms with Crippen molar-refractivity contribution in [2.75, 3.05) is 11.9 Å². The van der Waals surface area contributed by atoms with Gasteiger partial charge in [-0.2, -0.15) is 0 Å². The van der Waals surface area contributed by atoms with E-state index in [1.807, 2.05) is 32.0 Å². The molecule has 8 heteroatoms. The zero-order chi connectivity index (χ0) is 20.3. The zero-order valence-corrected chi connectivity index (χ0v) is 17.6. The molecule has 144 valence electrons. The molecule has 1 aliphatic heterocycles. The second-order valence-corrected chi connectivity index (χ2v) is 8.33. The Morgan fingerprint density at radius 3 is 2.71 bits per heavy atom. The first-order chi connectivity index (χ1) is 13.3. The van der Waals surface area contributed by atoms with Crippen molar-refractivity contribution in [1.29, 1.82) is 0 Å². The maximum absolute atomic E-state index is 12.2. The molecule has 0 radical (unpaired) electrons. The highest BCUT2D eigenvalue weighted by molar-refractivity contribution is 8.26. The van der Waals surface area contributed by atoms with Crippen LogP contribution in [0.25, 0.3) is 6.08 Å². The molecule has 0 unspecified atom stereocenters. The van der Waals surface area contributed by atoms with E-state index in [1.165, 1.54) is 11.8 Å². The fourth-order valence-electron chi connectivity index (χ4n) is 2.49. The molecule has 28 heavy (non-hydrogen) atoms. The first kappa shape index (κ1) is 20.4. The second kappa shape index (κ2) is 8.77. The quantitative estimate of drug-likeness (QED) is 0.539. The number of thioether (sulfide) groups is 1. The van der Waals surface area contributed by atoms with Gasteiger partial charge in [0, 0.05) is 16.3 Å². The maximum atomic E-state index is 12.2. The van der Waals surface area contributed by atoms with Crippen LogP contribution in [0.15, 0.2) is 41.3 Å². The molecule has 2 aromatic carbocycles. The van der Waals surface area contributed by atoms with Crippen molar-refractivity contribution in [2.24, 2.45) is 0 Å². The minimum Gasteiger partial charge on any atom is -0.483 e. The number of benzene rings is 2. The molecule has 0 saturated carbocycles. The fourth-order valence-corrected chi connectivity index (χ4v) is 3.70. The number of thiocarbonyl (C=S) groups is 1. The first-order valence-corrected chi connectivity index (χ1v) is 9.96. The number of hydrogen-bond donors (Lipinski definition) is 2. The van der Waals surface area contributed by atoms with Gasteiger partial charge >= 0.3 is 0 Å². The van der Waals surface area contributed by atoms with Gasteiger partial charge in [-0.1, -0.05) is 41.6 Å². The molecule has 0 bridgehead atoms. The van der Waals surface area contributed by atoms with E-state index in [-0.39, 0.29) is 18.4 Å². The molecule has 1 heterocycles. The standard InChI is InChI=1S/C20H17ClN2O3S2/c1-11-3-5-15(7-12(11)2)22-18(24)10-26-16-6-4-14(21)8-13(16)9-17-19(25)23-20(27)28-17/h3-9H,10H2,1-2H3,(H,22,24)(H,23,25,27)/b17-9-. The summed E-state index contributed by atoms with van der Waals surface area (Å²) in [5.41, 5.74) is 3.55. The lowest BCUT2D eigenvalue weighted by molar-refractivity contribution is -0.118. The summed E-state index contributed by atoms with van der Waals surface area (Å²) in [5.74, 6) is -0.113. The van der Waals surface area contributed by atoms with Crippen molar-refractivity contribution < 1.29 is 14.3 Å². The SMILES string of the molecule is Cc1ccc(NC(=O)COc2ccc(Cl)cc2/C=C2\SC(=S)NC2=O)cc1C. The molecule has 3 rings (SSSR count). The maximum Gasteiger partial charge on any atom is 0.263 e. The average molecular weight is 433 g/mol. The Morgan fingerprint density at radius 1 is 1.25 bits per heavy atom. The Hall–Kier alpha value is -2.35. The molecule has 1 fully saturated rings. The molecular formula is C20H17ClN2O3S2. The van der Waals surface area contributed by atoms with E-state index in [9.17, 15) is 9.59 Å². The molecule has 0 aromatic heterocycles. The van der Waals surface area contributed by atoms with Gasteiger partial charge in [-0.15, -0.1) is 0 Å². The fraction of sp³-hybridized carbons (Fsp3) is 0.150. The minimum absolute atomic E-state index is 0.178. The van der Waals surface area contributed by atoms with Crippen LogP contribution in [0.4, 0.5) is 5.69 Å². The van der Waals surface area contributed by atoms with Gasteiger partial charge in [-0.05, 0) is 61.4 Å². The van der Waals surface area contributed by atoms with E-state index < -0.39 is 0 Å². The van der Waals surface area contributed by atoms with Crippen molar-refractivity contribution >= 4 is 63.5 Å². The Bertz CT molecular complexity index is 1000. The third-order valence-corrected chi connectivity index (χ3v) is 5.45. The van der Waals surface area contributed by atoms with Crippen LogP contribution in [0.3, 0.4) is 0 Å². The van der Waals surface area contributed by atoms with Crippen molar-refractivity contribution in [3.05, 3.63) is 63.0 Å². The van der Waals surface area contributed by atoms with Crippen LogP contribution in [-0.4, -0.2) is 22.7 Å². The third-order valence-electron chi connectivity index (χ3n) is 4.05. The number of aryl methyl sites for hydroxylation is 2. The lowest BCUT2D eigenvalue weighted by Crippen LogP contribution is -2.20. The van der Waals surface area contributed by atoms with Crippen LogP contribution in [-0.2, 0) is 9.59 Å². The summed E-state index contributed by atoms with van der Waals surface area (Å²) in [6.45, 7) is 3.82. The topological polar surface area (TPSA) is 67.4 Å². The van der Waals surface area contributed by atoms with Crippen LogP contribution >= 0.6 is 35.6 Å². The second-order valence-electron chi connectivity index (χ2n) is 6.17. The number of hydrogen-bond acceptors (Lipinski definition) is 5. The van der Waals surface area contributed by atoms with Crippen LogP contribution in [0.1, 0.15) is 16.7 Å². The van der Waals surface area contributed by atoms with E-state index in [2.05, 4.69) is 10.6 Å². The summed E-state index contributed by atoms with van der Waals surface area (Å²) in [7, 11) is 0. The van der Waals surface area contributed by atoms with Gasteiger partial charge < -0.3 is 15.4 Å². The van der Waals surface area contributed by atoms with Gasteiger partial charge in [-0.25, -0.2) is 0 Å². The van der Waals surface area contributed by atoms with E-state index >= 15 is 0 Å². The lowest BCUT2D eigenvalue weighted by Gasteiger charge is -2.11. The average Bonchev–Trinajstić information content (AvgIpc) is 2.94. The molecule has 2 amide bonds. The van der Waals surface area contributed by atoms with Crippen molar-refractivity contribution in [3.8, 4) is 5.75 Å². The monoisotopic (exact) mass is 432 g/mol. The van der Waals surface area contributed by atoms with E-state index in [1.54, 1.807) is 24.3 Å². The number of anilines is 1. The Kier molecular flexibility index (Phi) is 6.39. The lowest BCUT2D eigenvalue weighted by atomic mass is 10.1. The Balaban J connectivity index is 1.71. The van der Waals surface area contributed by atoms with Gasteiger partial charge in [-0.3, -0.25) is 9.59 Å². The summed E-state index contributed by atoms with van der Waals surface area (Å²) in [6.07, 6.45) is 1.64.